The zero-order valence-electron chi connectivity index (χ0n) is 22.2. The van der Waals surface area contributed by atoms with Crippen molar-refractivity contribution in [2.75, 3.05) is 29.9 Å². The molecule has 2 saturated heterocycles. The number of aryl methyl sites for hydroxylation is 1. The summed E-state index contributed by atoms with van der Waals surface area (Å²) < 4.78 is 1.60. The molecular weight excluding hydrogens is 482 g/mol. The Morgan fingerprint density at radius 2 is 1.84 bits per heavy atom. The fourth-order valence-electron chi connectivity index (χ4n) is 5.82. The Hall–Kier alpha value is -3.88. The second-order valence-electron chi connectivity index (χ2n) is 10.5. The topological polar surface area (TPSA) is 107 Å². The van der Waals surface area contributed by atoms with Gasteiger partial charge in [-0.25, -0.2) is 9.78 Å². The minimum Gasteiger partial charge on any atom is -0.478 e. The van der Waals surface area contributed by atoms with Gasteiger partial charge in [0.15, 0.2) is 0 Å². The third-order valence-corrected chi connectivity index (χ3v) is 7.85. The van der Waals surface area contributed by atoms with Crippen molar-refractivity contribution in [1.29, 1.82) is 0 Å². The van der Waals surface area contributed by atoms with E-state index in [4.69, 9.17) is 4.98 Å². The number of para-hydroxylation sites is 1. The number of likely N-dealkylation sites (tertiary alicyclic amines) is 1. The second-order valence-corrected chi connectivity index (χ2v) is 10.5. The molecule has 9 nitrogen and oxygen atoms in total. The number of benzene rings is 1. The molecule has 2 aliphatic rings. The van der Waals surface area contributed by atoms with Crippen molar-refractivity contribution >= 4 is 29.0 Å². The fraction of sp³-hybridized carbons (Fsp3) is 0.448. The second kappa shape index (κ2) is 10.5. The predicted molar refractivity (Wildman–Crippen MR) is 147 cm³/mol. The van der Waals surface area contributed by atoms with Crippen molar-refractivity contribution in [2.45, 2.75) is 65.0 Å². The molecular formula is C29H35N5O4. The number of anilines is 2. The standard InChI is InChI=1S/C29H35N5O4/c1-18-16-23(20(3)30-24-9-5-4-8-22(24)29(37)38)27-31-26(19(2)28(36)34(27)17-18)32-14-11-21(12-15-32)33-13-7-6-10-25(33)35/h4-5,8-9,16-17,20-21,30H,6-7,10-15H2,1-3H3,(H,37,38). The summed E-state index contributed by atoms with van der Waals surface area (Å²) in [6, 6.07) is 8.74. The van der Waals surface area contributed by atoms with Crippen molar-refractivity contribution in [3.63, 3.8) is 0 Å². The van der Waals surface area contributed by atoms with Crippen molar-refractivity contribution < 1.29 is 14.7 Å². The third-order valence-electron chi connectivity index (χ3n) is 7.85. The highest BCUT2D eigenvalue weighted by atomic mass is 16.4. The van der Waals surface area contributed by atoms with Gasteiger partial charge in [0.1, 0.15) is 11.5 Å². The van der Waals surface area contributed by atoms with E-state index in [2.05, 4.69) is 15.1 Å². The van der Waals surface area contributed by atoms with Crippen LogP contribution in [-0.4, -0.2) is 56.9 Å². The van der Waals surface area contributed by atoms with Crippen molar-refractivity contribution in [1.82, 2.24) is 14.3 Å². The van der Waals surface area contributed by atoms with Gasteiger partial charge in [0.2, 0.25) is 5.91 Å². The third kappa shape index (κ3) is 4.85. The molecule has 9 heteroatoms. The van der Waals surface area contributed by atoms with Crippen LogP contribution in [0.1, 0.15) is 72.1 Å². The maximum Gasteiger partial charge on any atom is 0.337 e. The molecule has 1 atom stereocenters. The normalized spacial score (nSPS) is 17.6. The van der Waals surface area contributed by atoms with Crippen molar-refractivity contribution in [2.24, 2.45) is 0 Å². The average Bonchev–Trinajstić information content (AvgIpc) is 2.91. The number of pyridine rings is 1. The minimum absolute atomic E-state index is 0.110. The van der Waals surface area contributed by atoms with E-state index in [9.17, 15) is 19.5 Å². The Balaban J connectivity index is 1.47. The molecule has 0 radical (unpaired) electrons. The molecule has 2 fully saturated rings. The molecule has 2 aromatic heterocycles. The van der Waals surface area contributed by atoms with E-state index in [1.165, 1.54) is 0 Å². The molecule has 0 bridgehead atoms. The number of rotatable bonds is 6. The van der Waals surface area contributed by atoms with E-state index in [0.717, 1.165) is 56.4 Å². The number of hydrogen-bond acceptors (Lipinski definition) is 6. The van der Waals surface area contributed by atoms with E-state index in [0.29, 0.717) is 29.1 Å². The SMILES string of the molecule is Cc1cc(C(C)Nc2ccccc2C(=O)O)c2nc(N3CCC(N4CCCCC4=O)CC3)c(C)c(=O)n2c1. The largest absolute Gasteiger partial charge is 0.478 e. The molecule has 5 rings (SSSR count). The maximum atomic E-state index is 13.5. The molecule has 4 heterocycles. The minimum atomic E-state index is -1.00. The smallest absolute Gasteiger partial charge is 0.337 e. The molecule has 3 aromatic rings. The first kappa shape index (κ1) is 25.8. The number of aromatic nitrogens is 2. The summed E-state index contributed by atoms with van der Waals surface area (Å²) in [5, 5.41) is 12.9. The predicted octanol–water partition coefficient (Wildman–Crippen LogP) is 4.16. The number of carbonyl (C=O) groups is 2. The lowest BCUT2D eigenvalue weighted by Gasteiger charge is -2.40. The Bertz CT molecular complexity index is 1440. The van der Waals surface area contributed by atoms with E-state index in [1.54, 1.807) is 34.9 Å². The highest BCUT2D eigenvalue weighted by Gasteiger charge is 2.31. The number of nitrogens with zero attached hydrogens (tertiary/aromatic N) is 4. The monoisotopic (exact) mass is 517 g/mol. The highest BCUT2D eigenvalue weighted by Crippen LogP contribution is 2.29. The summed E-state index contributed by atoms with van der Waals surface area (Å²) in [6.07, 6.45) is 6.22. The van der Waals surface area contributed by atoms with Gasteiger partial charge in [-0.15, -0.1) is 0 Å². The number of nitrogens with one attached hydrogen (secondary N) is 1. The average molecular weight is 518 g/mol. The van der Waals surface area contributed by atoms with E-state index in [-0.39, 0.29) is 29.1 Å². The van der Waals surface area contributed by atoms with Crippen LogP contribution >= 0.6 is 0 Å². The fourth-order valence-corrected chi connectivity index (χ4v) is 5.82. The number of hydrogen-bond donors (Lipinski definition) is 2. The first-order chi connectivity index (χ1) is 18.2. The summed E-state index contributed by atoms with van der Waals surface area (Å²) in [7, 11) is 0. The Kier molecular flexibility index (Phi) is 7.10. The number of carbonyl (C=O) groups excluding carboxylic acids is 1. The lowest BCUT2D eigenvalue weighted by Crippen LogP contribution is -2.49. The van der Waals surface area contributed by atoms with Gasteiger partial charge in [-0.1, -0.05) is 12.1 Å². The van der Waals surface area contributed by atoms with Gasteiger partial charge in [0.05, 0.1) is 17.2 Å². The number of fused-ring (bicyclic) bond motifs is 1. The zero-order valence-corrected chi connectivity index (χ0v) is 22.2. The van der Waals surface area contributed by atoms with E-state index >= 15 is 0 Å². The van der Waals surface area contributed by atoms with Crippen LogP contribution in [0.5, 0.6) is 0 Å². The van der Waals surface area contributed by atoms with Gasteiger partial charge in [-0.2, -0.15) is 0 Å². The van der Waals surface area contributed by atoms with Crippen molar-refractivity contribution in [3.05, 3.63) is 69.1 Å². The molecule has 1 aromatic carbocycles. The van der Waals surface area contributed by atoms with Gasteiger partial charge in [-0.3, -0.25) is 14.0 Å². The molecule has 0 saturated carbocycles. The number of piperidine rings is 2. The first-order valence-corrected chi connectivity index (χ1v) is 13.4. The zero-order chi connectivity index (χ0) is 27.0. The quantitative estimate of drug-likeness (QED) is 0.505. The molecule has 200 valence electrons. The van der Waals surface area contributed by atoms with Gasteiger partial charge in [0, 0.05) is 49.5 Å². The Labute approximate surface area is 222 Å². The summed E-state index contributed by atoms with van der Waals surface area (Å²) in [6.45, 7) is 8.02. The molecule has 38 heavy (non-hydrogen) atoms. The molecule has 0 spiro atoms. The van der Waals surface area contributed by atoms with Gasteiger partial charge in [0.25, 0.3) is 5.56 Å². The molecule has 0 aliphatic carbocycles. The van der Waals surface area contributed by atoms with Crippen LogP contribution in [0.2, 0.25) is 0 Å². The van der Waals surface area contributed by atoms with Crippen LogP contribution in [0.4, 0.5) is 11.5 Å². The Morgan fingerprint density at radius 3 is 2.55 bits per heavy atom. The summed E-state index contributed by atoms with van der Waals surface area (Å²) in [4.78, 5) is 46.9. The molecule has 1 amide bonds. The first-order valence-electron chi connectivity index (χ1n) is 13.4. The number of carboxylic acids is 1. The maximum absolute atomic E-state index is 13.5. The number of amides is 1. The van der Waals surface area contributed by atoms with E-state index in [1.807, 2.05) is 26.8 Å². The molecule has 1 unspecified atom stereocenters. The van der Waals surface area contributed by atoms with Gasteiger partial charge >= 0.3 is 5.97 Å². The number of carboxylic acid groups (broad SMARTS) is 1. The lowest BCUT2D eigenvalue weighted by molar-refractivity contribution is -0.136. The Morgan fingerprint density at radius 1 is 1.11 bits per heavy atom. The summed E-state index contributed by atoms with van der Waals surface area (Å²) in [5.41, 5.74) is 3.48. The van der Waals surface area contributed by atoms with Crippen LogP contribution in [-0.2, 0) is 4.79 Å². The summed E-state index contributed by atoms with van der Waals surface area (Å²) in [5.74, 6) is -0.0584. The van der Waals surface area contributed by atoms with Crippen LogP contribution in [0.3, 0.4) is 0 Å². The van der Waals surface area contributed by atoms with E-state index < -0.39 is 5.97 Å². The van der Waals surface area contributed by atoms with Crippen LogP contribution in [0, 0.1) is 13.8 Å². The van der Waals surface area contributed by atoms with Gasteiger partial charge in [-0.05, 0) is 70.2 Å². The van der Waals surface area contributed by atoms with Gasteiger partial charge < -0.3 is 20.2 Å². The van der Waals surface area contributed by atoms with Crippen LogP contribution in [0.15, 0.2) is 41.3 Å². The lowest BCUT2D eigenvalue weighted by atomic mass is 9.99. The molecule has 2 aliphatic heterocycles. The number of aromatic carboxylic acids is 1. The van der Waals surface area contributed by atoms with Crippen molar-refractivity contribution in [3.8, 4) is 0 Å². The van der Waals surface area contributed by atoms with Crippen LogP contribution < -0.4 is 15.8 Å². The van der Waals surface area contributed by atoms with Crippen LogP contribution in [0.25, 0.3) is 5.65 Å². The highest BCUT2D eigenvalue weighted by molar-refractivity contribution is 5.94. The molecule has 2 N–H and O–H groups in total. The summed E-state index contributed by atoms with van der Waals surface area (Å²) >= 11 is 0.